The van der Waals surface area contributed by atoms with Gasteiger partial charge in [-0.2, -0.15) is 4.68 Å². The SMILES string of the molecule is CSNc1ccn(C(=O)N2CCN(Cc3ccc(Cl)c(N4CC5(CCOCC5)C4)c3)CC2)n1. The molecular formula is C23H31ClN6O2S. The predicted molar refractivity (Wildman–Crippen MR) is 133 cm³/mol. The summed E-state index contributed by atoms with van der Waals surface area (Å²) in [6, 6.07) is 8.13. The van der Waals surface area contributed by atoms with Gasteiger partial charge in [-0.1, -0.05) is 29.6 Å². The van der Waals surface area contributed by atoms with E-state index in [4.69, 9.17) is 16.3 Å². The molecule has 0 aliphatic carbocycles. The van der Waals surface area contributed by atoms with Crippen molar-refractivity contribution in [2.24, 2.45) is 5.41 Å². The molecule has 8 nitrogen and oxygen atoms in total. The minimum Gasteiger partial charge on any atom is -0.381 e. The second-order valence-electron chi connectivity index (χ2n) is 9.25. The number of aromatic nitrogens is 2. The Labute approximate surface area is 204 Å². The molecule has 0 atom stereocenters. The van der Waals surface area contributed by atoms with E-state index in [2.05, 4.69) is 31.8 Å². The van der Waals surface area contributed by atoms with E-state index in [1.54, 1.807) is 6.20 Å². The lowest BCUT2D eigenvalue weighted by atomic mass is 9.73. The Morgan fingerprint density at radius 3 is 2.67 bits per heavy atom. The second kappa shape index (κ2) is 9.74. The Morgan fingerprint density at radius 2 is 1.94 bits per heavy atom. The fraction of sp³-hybridized carbons (Fsp3) is 0.565. The molecule has 178 valence electrons. The molecule has 10 heteroatoms. The van der Waals surface area contributed by atoms with Crippen molar-refractivity contribution < 1.29 is 9.53 Å². The molecule has 0 radical (unpaired) electrons. The number of amides is 1. The van der Waals surface area contributed by atoms with Gasteiger partial charge in [-0.25, -0.2) is 4.79 Å². The van der Waals surface area contributed by atoms with Crippen molar-refractivity contribution in [3.8, 4) is 0 Å². The molecule has 0 saturated carbocycles. The second-order valence-corrected chi connectivity index (χ2v) is 10.3. The van der Waals surface area contributed by atoms with Gasteiger partial charge in [-0.15, -0.1) is 5.10 Å². The van der Waals surface area contributed by atoms with Crippen molar-refractivity contribution in [3.05, 3.63) is 41.0 Å². The molecule has 3 fully saturated rings. The van der Waals surface area contributed by atoms with Gasteiger partial charge in [0.2, 0.25) is 0 Å². The zero-order valence-electron chi connectivity index (χ0n) is 19.0. The number of rotatable bonds is 5. The fourth-order valence-electron chi connectivity index (χ4n) is 5.04. The number of piperazine rings is 1. The molecule has 5 rings (SSSR count). The summed E-state index contributed by atoms with van der Waals surface area (Å²) in [5.41, 5.74) is 2.83. The topological polar surface area (TPSA) is 65.9 Å². The number of carbonyl (C=O) groups excluding carboxylic acids is 1. The van der Waals surface area contributed by atoms with Crippen LogP contribution in [0.25, 0.3) is 0 Å². The number of carbonyl (C=O) groups is 1. The molecule has 33 heavy (non-hydrogen) atoms. The summed E-state index contributed by atoms with van der Waals surface area (Å²) >= 11 is 8.03. The van der Waals surface area contributed by atoms with E-state index in [1.165, 1.54) is 22.2 Å². The molecule has 1 aromatic carbocycles. The van der Waals surface area contributed by atoms with E-state index in [0.717, 1.165) is 69.5 Å². The Hall–Kier alpha value is -1.94. The first kappa shape index (κ1) is 22.8. The van der Waals surface area contributed by atoms with E-state index in [9.17, 15) is 4.79 Å². The highest BCUT2D eigenvalue weighted by molar-refractivity contribution is 7.99. The molecule has 3 saturated heterocycles. The van der Waals surface area contributed by atoms with Crippen molar-refractivity contribution in [1.82, 2.24) is 19.6 Å². The highest BCUT2D eigenvalue weighted by Crippen LogP contribution is 2.44. The van der Waals surface area contributed by atoms with E-state index >= 15 is 0 Å². The Balaban J connectivity index is 1.15. The van der Waals surface area contributed by atoms with Crippen LogP contribution >= 0.6 is 23.5 Å². The predicted octanol–water partition coefficient (Wildman–Crippen LogP) is 3.63. The van der Waals surface area contributed by atoms with Gasteiger partial charge in [-0.05, 0) is 30.5 Å². The van der Waals surface area contributed by atoms with Crippen LogP contribution < -0.4 is 9.62 Å². The van der Waals surface area contributed by atoms with Crippen LogP contribution in [0.5, 0.6) is 0 Å². The number of hydrogen-bond acceptors (Lipinski definition) is 7. The lowest BCUT2D eigenvalue weighted by Crippen LogP contribution is -2.58. The number of benzene rings is 1. The van der Waals surface area contributed by atoms with Crippen LogP contribution in [-0.2, 0) is 11.3 Å². The number of ether oxygens (including phenoxy) is 1. The maximum absolute atomic E-state index is 12.8. The van der Waals surface area contributed by atoms with Crippen LogP contribution in [0, 0.1) is 5.41 Å². The van der Waals surface area contributed by atoms with Gasteiger partial charge < -0.3 is 19.3 Å². The smallest absolute Gasteiger partial charge is 0.344 e. The van der Waals surface area contributed by atoms with Crippen LogP contribution in [0.3, 0.4) is 0 Å². The Kier molecular flexibility index (Phi) is 6.74. The number of nitrogens with zero attached hydrogens (tertiary/aromatic N) is 5. The Bertz CT molecular complexity index is 979. The lowest BCUT2D eigenvalue weighted by molar-refractivity contribution is -0.000193. The molecule has 0 unspecified atom stereocenters. The number of nitrogens with one attached hydrogen (secondary N) is 1. The third-order valence-electron chi connectivity index (χ3n) is 7.00. The third-order valence-corrected chi connectivity index (χ3v) is 7.73. The van der Waals surface area contributed by atoms with Crippen molar-refractivity contribution in [2.45, 2.75) is 19.4 Å². The first-order chi connectivity index (χ1) is 16.0. The highest BCUT2D eigenvalue weighted by Gasteiger charge is 2.44. The summed E-state index contributed by atoms with van der Waals surface area (Å²) in [6.07, 6.45) is 5.94. The molecular weight excluding hydrogens is 460 g/mol. The summed E-state index contributed by atoms with van der Waals surface area (Å²) in [6.45, 7) is 7.84. The van der Waals surface area contributed by atoms with Gasteiger partial charge in [0.15, 0.2) is 5.82 Å². The average molecular weight is 491 g/mol. The van der Waals surface area contributed by atoms with Gasteiger partial charge in [0.25, 0.3) is 0 Å². The summed E-state index contributed by atoms with van der Waals surface area (Å²) < 4.78 is 10.0. The molecule has 1 N–H and O–H groups in total. The zero-order chi connectivity index (χ0) is 22.8. The van der Waals surface area contributed by atoms with Gasteiger partial charge >= 0.3 is 6.03 Å². The molecule has 1 aromatic heterocycles. The molecule has 3 aliphatic rings. The minimum absolute atomic E-state index is 0.0718. The maximum atomic E-state index is 12.8. The van der Waals surface area contributed by atoms with Crippen LogP contribution in [0.1, 0.15) is 18.4 Å². The summed E-state index contributed by atoms with van der Waals surface area (Å²) in [4.78, 5) is 19.4. The first-order valence-electron chi connectivity index (χ1n) is 11.5. The number of halogens is 1. The minimum atomic E-state index is -0.0718. The quantitative estimate of drug-likeness (QED) is 0.642. The van der Waals surface area contributed by atoms with E-state index in [1.807, 2.05) is 23.3 Å². The number of anilines is 2. The molecule has 1 amide bonds. The summed E-state index contributed by atoms with van der Waals surface area (Å²) in [7, 11) is 0. The normalized spacial score (nSPS) is 20.7. The van der Waals surface area contributed by atoms with Crippen molar-refractivity contribution in [1.29, 1.82) is 0 Å². The lowest BCUT2D eigenvalue weighted by Gasteiger charge is -2.53. The van der Waals surface area contributed by atoms with Crippen molar-refractivity contribution >= 4 is 41.1 Å². The van der Waals surface area contributed by atoms with Gasteiger partial charge in [0.05, 0.1) is 10.7 Å². The summed E-state index contributed by atoms with van der Waals surface area (Å²) in [5.74, 6) is 0.693. The van der Waals surface area contributed by atoms with Gasteiger partial charge in [0.1, 0.15) is 0 Å². The van der Waals surface area contributed by atoms with Crippen LogP contribution in [0.15, 0.2) is 30.5 Å². The van der Waals surface area contributed by atoms with E-state index < -0.39 is 0 Å². The molecule has 4 heterocycles. The zero-order valence-corrected chi connectivity index (χ0v) is 20.6. The molecule has 1 spiro atoms. The van der Waals surface area contributed by atoms with E-state index in [-0.39, 0.29) is 6.03 Å². The summed E-state index contributed by atoms with van der Waals surface area (Å²) in [5, 5.41) is 5.12. The van der Waals surface area contributed by atoms with Gasteiger partial charge in [-0.3, -0.25) is 4.90 Å². The van der Waals surface area contributed by atoms with Crippen molar-refractivity contribution in [3.63, 3.8) is 0 Å². The van der Waals surface area contributed by atoms with Crippen LogP contribution in [0.4, 0.5) is 16.3 Å². The fourth-order valence-corrected chi connectivity index (χ4v) is 5.60. The largest absolute Gasteiger partial charge is 0.381 e. The first-order valence-corrected chi connectivity index (χ1v) is 13.1. The third kappa shape index (κ3) is 4.96. The highest BCUT2D eigenvalue weighted by atomic mass is 35.5. The van der Waals surface area contributed by atoms with E-state index in [0.29, 0.717) is 24.3 Å². The molecule has 2 aromatic rings. The average Bonchev–Trinajstić information content (AvgIpc) is 3.28. The van der Waals surface area contributed by atoms with Crippen LogP contribution in [-0.4, -0.2) is 84.3 Å². The van der Waals surface area contributed by atoms with Crippen LogP contribution in [0.2, 0.25) is 5.02 Å². The molecule has 3 aliphatic heterocycles. The number of hydrogen-bond donors (Lipinski definition) is 1. The molecule has 0 bridgehead atoms. The monoisotopic (exact) mass is 490 g/mol. The van der Waals surface area contributed by atoms with Crippen molar-refractivity contribution in [2.75, 3.05) is 68.4 Å². The standard InChI is InChI=1S/C23H31ClN6O2S/c1-33-26-21-4-7-30(25-21)22(31)28-10-8-27(9-11-28)15-18-2-3-19(24)20(14-18)29-16-23(17-29)5-12-32-13-6-23/h2-4,7,14H,5-6,8-13,15-17H2,1H3,(H,25,26). The van der Waals surface area contributed by atoms with Gasteiger partial charge in [0, 0.05) is 83.0 Å². The Morgan fingerprint density at radius 1 is 1.18 bits per heavy atom. The maximum Gasteiger partial charge on any atom is 0.344 e.